The molecular weight excluding hydrogens is 318 g/mol. The predicted molar refractivity (Wildman–Crippen MR) is 93.2 cm³/mol. The van der Waals surface area contributed by atoms with E-state index in [1.165, 1.54) is 0 Å². The Hall–Kier alpha value is -2.83. The highest BCUT2D eigenvalue weighted by Crippen LogP contribution is 2.23. The van der Waals surface area contributed by atoms with Crippen molar-refractivity contribution < 1.29 is 9.21 Å². The summed E-state index contributed by atoms with van der Waals surface area (Å²) in [6.07, 6.45) is 3.46. The molecule has 7 heteroatoms. The van der Waals surface area contributed by atoms with Gasteiger partial charge in [-0.15, -0.1) is 10.2 Å². The van der Waals surface area contributed by atoms with Crippen LogP contribution in [0.15, 0.2) is 41.0 Å². The minimum Gasteiger partial charge on any atom is -0.467 e. The van der Waals surface area contributed by atoms with Crippen LogP contribution in [0.25, 0.3) is 5.65 Å². The second-order valence-electron chi connectivity index (χ2n) is 6.44. The fraction of sp³-hybridized carbons (Fsp3) is 0.389. The summed E-state index contributed by atoms with van der Waals surface area (Å²) >= 11 is 0. The molecule has 1 aliphatic heterocycles. The Labute approximate surface area is 145 Å². The van der Waals surface area contributed by atoms with E-state index in [0.29, 0.717) is 13.1 Å². The monoisotopic (exact) mass is 339 g/mol. The molecule has 1 amide bonds. The van der Waals surface area contributed by atoms with Crippen LogP contribution in [-0.4, -0.2) is 33.6 Å². The number of anilines is 1. The van der Waals surface area contributed by atoms with Crippen LogP contribution in [0.4, 0.5) is 5.95 Å². The first-order valence-corrected chi connectivity index (χ1v) is 8.58. The van der Waals surface area contributed by atoms with Gasteiger partial charge in [-0.2, -0.15) is 0 Å². The van der Waals surface area contributed by atoms with Crippen molar-refractivity contribution in [3.8, 4) is 0 Å². The molecule has 0 aliphatic carbocycles. The lowest BCUT2D eigenvalue weighted by Crippen LogP contribution is -2.43. The normalized spacial score (nSPS) is 17.8. The number of furan rings is 1. The molecule has 4 heterocycles. The van der Waals surface area contributed by atoms with Crippen molar-refractivity contribution >= 4 is 17.5 Å². The molecule has 3 aromatic heterocycles. The molecule has 4 rings (SSSR count). The number of carbonyl (C=O) groups is 1. The number of hydrogen-bond acceptors (Lipinski definition) is 5. The molecule has 7 nitrogen and oxygen atoms in total. The summed E-state index contributed by atoms with van der Waals surface area (Å²) in [4.78, 5) is 14.7. The Morgan fingerprint density at radius 3 is 3.08 bits per heavy atom. The van der Waals surface area contributed by atoms with E-state index in [1.807, 2.05) is 41.7 Å². The zero-order valence-corrected chi connectivity index (χ0v) is 14.2. The Morgan fingerprint density at radius 2 is 2.24 bits per heavy atom. The van der Waals surface area contributed by atoms with Crippen LogP contribution in [0.1, 0.15) is 24.3 Å². The smallest absolute Gasteiger partial charge is 0.231 e. The summed E-state index contributed by atoms with van der Waals surface area (Å²) in [5.74, 6) is 1.59. The van der Waals surface area contributed by atoms with Crippen LogP contribution in [0.2, 0.25) is 0 Å². The van der Waals surface area contributed by atoms with Gasteiger partial charge in [0.25, 0.3) is 0 Å². The first kappa shape index (κ1) is 15.7. The van der Waals surface area contributed by atoms with Crippen molar-refractivity contribution in [2.24, 2.45) is 5.92 Å². The van der Waals surface area contributed by atoms with Crippen molar-refractivity contribution in [3.05, 3.63) is 48.0 Å². The van der Waals surface area contributed by atoms with Crippen LogP contribution in [0.5, 0.6) is 0 Å². The van der Waals surface area contributed by atoms with E-state index in [0.717, 1.165) is 42.4 Å². The van der Waals surface area contributed by atoms with Gasteiger partial charge < -0.3 is 14.6 Å². The van der Waals surface area contributed by atoms with E-state index in [1.54, 1.807) is 6.26 Å². The van der Waals surface area contributed by atoms with Crippen molar-refractivity contribution in [3.63, 3.8) is 0 Å². The van der Waals surface area contributed by atoms with Crippen LogP contribution >= 0.6 is 0 Å². The number of aromatic nitrogens is 3. The number of pyridine rings is 1. The van der Waals surface area contributed by atoms with Crippen molar-refractivity contribution in [1.29, 1.82) is 0 Å². The molecular formula is C18H21N5O2. The highest BCUT2D eigenvalue weighted by Gasteiger charge is 2.28. The Balaban J connectivity index is 1.47. The molecule has 1 fully saturated rings. The molecule has 0 bridgehead atoms. The van der Waals surface area contributed by atoms with E-state index in [4.69, 9.17) is 4.42 Å². The lowest BCUT2D eigenvalue weighted by molar-refractivity contribution is -0.125. The van der Waals surface area contributed by atoms with Crippen molar-refractivity contribution in [2.75, 3.05) is 18.0 Å². The summed E-state index contributed by atoms with van der Waals surface area (Å²) in [6.45, 7) is 4.00. The van der Waals surface area contributed by atoms with E-state index >= 15 is 0 Å². The highest BCUT2D eigenvalue weighted by atomic mass is 16.3. The molecule has 1 N–H and O–H groups in total. The van der Waals surface area contributed by atoms with Gasteiger partial charge in [0.05, 0.1) is 18.7 Å². The number of aryl methyl sites for hydroxylation is 1. The van der Waals surface area contributed by atoms with Gasteiger partial charge in [-0.1, -0.05) is 6.07 Å². The Bertz CT molecular complexity index is 871. The summed E-state index contributed by atoms with van der Waals surface area (Å²) in [7, 11) is 0. The number of carbonyl (C=O) groups excluding carboxylic acids is 1. The first-order valence-electron chi connectivity index (χ1n) is 8.58. The number of nitrogens with one attached hydrogen (secondary N) is 1. The fourth-order valence-corrected chi connectivity index (χ4v) is 3.39. The number of fused-ring (bicyclic) bond motifs is 1. The number of nitrogens with zero attached hydrogens (tertiary/aromatic N) is 4. The van der Waals surface area contributed by atoms with Crippen LogP contribution < -0.4 is 10.2 Å². The Kier molecular flexibility index (Phi) is 4.13. The van der Waals surface area contributed by atoms with Gasteiger partial charge >= 0.3 is 0 Å². The van der Waals surface area contributed by atoms with E-state index in [9.17, 15) is 4.79 Å². The predicted octanol–water partition coefficient (Wildman–Crippen LogP) is 2.16. The summed E-state index contributed by atoms with van der Waals surface area (Å²) < 4.78 is 7.31. The average Bonchev–Trinajstić information content (AvgIpc) is 3.30. The minimum absolute atomic E-state index is 0.0555. The summed E-state index contributed by atoms with van der Waals surface area (Å²) in [5.41, 5.74) is 1.92. The highest BCUT2D eigenvalue weighted by molar-refractivity contribution is 5.79. The molecule has 25 heavy (non-hydrogen) atoms. The minimum atomic E-state index is -0.0555. The number of hydrogen-bond donors (Lipinski definition) is 1. The second-order valence-corrected chi connectivity index (χ2v) is 6.44. The third kappa shape index (κ3) is 3.09. The molecule has 0 spiro atoms. The maximum atomic E-state index is 12.5. The topological polar surface area (TPSA) is 75.7 Å². The summed E-state index contributed by atoms with van der Waals surface area (Å²) in [6, 6.07) is 9.64. The van der Waals surface area contributed by atoms with Gasteiger partial charge in [-0.05, 0) is 44.0 Å². The van der Waals surface area contributed by atoms with Gasteiger partial charge in [0.2, 0.25) is 11.9 Å². The van der Waals surface area contributed by atoms with Crippen molar-refractivity contribution in [1.82, 2.24) is 19.9 Å². The maximum Gasteiger partial charge on any atom is 0.231 e. The van der Waals surface area contributed by atoms with E-state index in [-0.39, 0.29) is 11.8 Å². The SMILES string of the molecule is Cc1cccc2nnc(N3CCC[C@H](C(=O)NCc4ccco4)C3)n12. The zero-order valence-electron chi connectivity index (χ0n) is 14.2. The largest absolute Gasteiger partial charge is 0.467 e. The third-order valence-electron chi connectivity index (χ3n) is 4.70. The standard InChI is InChI=1S/C18H21N5O2/c1-13-5-2-8-16-20-21-18(23(13)16)22-9-3-6-14(12-22)17(24)19-11-15-7-4-10-25-15/h2,4-5,7-8,10,14H,3,6,9,11-12H2,1H3,(H,19,24)/t14-/m0/s1. The molecule has 1 atom stereocenters. The molecule has 0 unspecified atom stereocenters. The van der Waals surface area contributed by atoms with Gasteiger partial charge in [0, 0.05) is 18.8 Å². The van der Waals surface area contributed by atoms with Crippen LogP contribution in [-0.2, 0) is 11.3 Å². The summed E-state index contributed by atoms with van der Waals surface area (Å²) in [5, 5.41) is 11.6. The lowest BCUT2D eigenvalue weighted by Gasteiger charge is -2.32. The number of rotatable bonds is 4. The third-order valence-corrected chi connectivity index (χ3v) is 4.70. The van der Waals surface area contributed by atoms with Gasteiger partial charge in [-0.3, -0.25) is 9.20 Å². The molecule has 0 aromatic carbocycles. The van der Waals surface area contributed by atoms with Gasteiger partial charge in [0.1, 0.15) is 5.76 Å². The Morgan fingerprint density at radius 1 is 1.32 bits per heavy atom. The number of amides is 1. The zero-order chi connectivity index (χ0) is 17.2. The van der Waals surface area contributed by atoms with Gasteiger partial charge in [0.15, 0.2) is 5.65 Å². The maximum absolute atomic E-state index is 12.5. The quantitative estimate of drug-likeness (QED) is 0.788. The molecule has 130 valence electrons. The van der Waals surface area contributed by atoms with Crippen LogP contribution in [0.3, 0.4) is 0 Å². The average molecular weight is 339 g/mol. The van der Waals surface area contributed by atoms with Crippen molar-refractivity contribution in [2.45, 2.75) is 26.3 Å². The molecule has 3 aromatic rings. The molecule has 0 saturated carbocycles. The molecule has 1 saturated heterocycles. The second kappa shape index (κ2) is 6.58. The fourth-order valence-electron chi connectivity index (χ4n) is 3.39. The molecule has 0 radical (unpaired) electrons. The van der Waals surface area contributed by atoms with Crippen LogP contribution in [0, 0.1) is 12.8 Å². The molecule has 1 aliphatic rings. The van der Waals surface area contributed by atoms with Gasteiger partial charge in [-0.25, -0.2) is 0 Å². The first-order chi connectivity index (χ1) is 12.2. The van der Waals surface area contributed by atoms with E-state index < -0.39 is 0 Å². The number of piperidine rings is 1. The lowest BCUT2D eigenvalue weighted by atomic mass is 9.97. The van der Waals surface area contributed by atoms with E-state index in [2.05, 4.69) is 20.4 Å².